The first kappa shape index (κ1) is 15.8. The van der Waals surface area contributed by atoms with E-state index in [1.165, 1.54) is 6.07 Å². The summed E-state index contributed by atoms with van der Waals surface area (Å²) in [7, 11) is 1.59. The third-order valence-corrected chi connectivity index (χ3v) is 3.57. The van der Waals surface area contributed by atoms with Gasteiger partial charge in [0.25, 0.3) is 0 Å². The molecule has 2 N–H and O–H groups in total. The zero-order chi connectivity index (χ0) is 15.2. The molecule has 0 spiro atoms. The molecule has 112 valence electrons. The molecule has 0 aliphatic carbocycles. The largest absolute Gasteiger partial charge is 0.496 e. The van der Waals surface area contributed by atoms with Crippen LogP contribution in [0.25, 0.3) is 0 Å². The Morgan fingerprint density at radius 2 is 2.00 bits per heavy atom. The Hall–Kier alpha value is -1.59. The molecule has 0 radical (unpaired) electrons. The molecule has 0 aliphatic rings. The van der Waals surface area contributed by atoms with Crippen LogP contribution in [0.3, 0.4) is 0 Å². The van der Waals surface area contributed by atoms with E-state index in [-0.39, 0.29) is 18.2 Å². The highest BCUT2D eigenvalue weighted by molar-refractivity contribution is 9.10. The zero-order valence-corrected chi connectivity index (χ0v) is 13.3. The lowest BCUT2D eigenvalue weighted by Crippen LogP contribution is -2.07. The van der Waals surface area contributed by atoms with E-state index in [1.54, 1.807) is 13.2 Å². The summed E-state index contributed by atoms with van der Waals surface area (Å²) in [6, 6.07) is 10.5. The second kappa shape index (κ2) is 7.43. The van der Waals surface area contributed by atoms with Crippen molar-refractivity contribution in [3.05, 3.63) is 57.8 Å². The van der Waals surface area contributed by atoms with Gasteiger partial charge in [-0.15, -0.1) is 0 Å². The SMILES string of the molecule is COc1ccc(Br)cc1COc1c(F)cccc1CCN. The third kappa shape index (κ3) is 3.95. The first-order valence-electron chi connectivity index (χ1n) is 6.58. The van der Waals surface area contributed by atoms with E-state index in [9.17, 15) is 4.39 Å². The quantitative estimate of drug-likeness (QED) is 0.861. The Labute approximate surface area is 132 Å². The number of ether oxygens (including phenoxy) is 2. The average Bonchev–Trinajstić information content (AvgIpc) is 2.47. The summed E-state index contributed by atoms with van der Waals surface area (Å²) in [5.74, 6) is 0.579. The van der Waals surface area contributed by atoms with Crippen molar-refractivity contribution in [1.82, 2.24) is 0 Å². The number of benzene rings is 2. The number of hydrogen-bond donors (Lipinski definition) is 1. The van der Waals surface area contributed by atoms with Gasteiger partial charge in [0, 0.05) is 10.0 Å². The predicted molar refractivity (Wildman–Crippen MR) is 84.2 cm³/mol. The third-order valence-electron chi connectivity index (χ3n) is 3.08. The molecule has 3 nitrogen and oxygen atoms in total. The summed E-state index contributed by atoms with van der Waals surface area (Å²) in [4.78, 5) is 0. The van der Waals surface area contributed by atoms with E-state index in [1.807, 2.05) is 24.3 Å². The standard InChI is InChI=1S/C16H17BrFNO2/c1-20-15-6-5-13(17)9-12(15)10-21-16-11(7-8-19)3-2-4-14(16)18/h2-6,9H,7-8,10,19H2,1H3. The molecular weight excluding hydrogens is 337 g/mol. The Bertz CT molecular complexity index is 619. The molecule has 0 aromatic heterocycles. The molecule has 0 saturated heterocycles. The van der Waals surface area contributed by atoms with Crippen molar-refractivity contribution in [1.29, 1.82) is 0 Å². The summed E-state index contributed by atoms with van der Waals surface area (Å²) in [6.45, 7) is 0.668. The lowest BCUT2D eigenvalue weighted by Gasteiger charge is -2.14. The van der Waals surface area contributed by atoms with Crippen LogP contribution in [-0.4, -0.2) is 13.7 Å². The molecule has 0 unspecified atom stereocenters. The number of para-hydroxylation sites is 1. The molecule has 5 heteroatoms. The van der Waals surface area contributed by atoms with Gasteiger partial charge in [-0.3, -0.25) is 0 Å². The smallest absolute Gasteiger partial charge is 0.165 e. The minimum atomic E-state index is -0.380. The summed E-state index contributed by atoms with van der Waals surface area (Å²) in [5, 5.41) is 0. The van der Waals surface area contributed by atoms with Gasteiger partial charge in [-0.2, -0.15) is 0 Å². The number of methoxy groups -OCH3 is 1. The van der Waals surface area contributed by atoms with Crippen molar-refractivity contribution in [3.63, 3.8) is 0 Å². The minimum Gasteiger partial charge on any atom is -0.496 e. The molecule has 0 amide bonds. The topological polar surface area (TPSA) is 44.5 Å². The number of hydrogen-bond acceptors (Lipinski definition) is 3. The highest BCUT2D eigenvalue weighted by Gasteiger charge is 2.11. The summed E-state index contributed by atoms with van der Waals surface area (Å²) >= 11 is 3.40. The number of rotatable bonds is 6. The molecule has 0 fully saturated rings. The lowest BCUT2D eigenvalue weighted by atomic mass is 10.1. The van der Waals surface area contributed by atoms with Gasteiger partial charge >= 0.3 is 0 Å². The van der Waals surface area contributed by atoms with Crippen LogP contribution in [0.15, 0.2) is 40.9 Å². The monoisotopic (exact) mass is 353 g/mol. The second-order valence-corrected chi connectivity index (χ2v) is 5.43. The van der Waals surface area contributed by atoms with Crippen LogP contribution < -0.4 is 15.2 Å². The van der Waals surface area contributed by atoms with Gasteiger partial charge in [-0.25, -0.2) is 4.39 Å². The number of halogens is 2. The predicted octanol–water partition coefficient (Wildman–Crippen LogP) is 3.68. The fraction of sp³-hybridized carbons (Fsp3) is 0.250. The molecule has 2 aromatic rings. The normalized spacial score (nSPS) is 10.5. The second-order valence-electron chi connectivity index (χ2n) is 4.51. The van der Waals surface area contributed by atoms with E-state index in [4.69, 9.17) is 15.2 Å². The fourth-order valence-electron chi connectivity index (χ4n) is 2.08. The Kier molecular flexibility index (Phi) is 5.59. The van der Waals surface area contributed by atoms with Crippen molar-refractivity contribution in [2.45, 2.75) is 13.0 Å². The molecule has 2 rings (SSSR count). The van der Waals surface area contributed by atoms with Crippen LogP contribution in [0.2, 0.25) is 0 Å². The van der Waals surface area contributed by atoms with E-state index < -0.39 is 0 Å². The number of nitrogens with two attached hydrogens (primary N) is 1. The molecule has 21 heavy (non-hydrogen) atoms. The van der Waals surface area contributed by atoms with Gasteiger partial charge in [0.05, 0.1) is 7.11 Å². The van der Waals surface area contributed by atoms with E-state index in [0.717, 1.165) is 15.6 Å². The summed E-state index contributed by atoms with van der Waals surface area (Å²) in [6.07, 6.45) is 0.572. The highest BCUT2D eigenvalue weighted by atomic mass is 79.9. The fourth-order valence-corrected chi connectivity index (χ4v) is 2.49. The molecule has 0 atom stereocenters. The first-order chi connectivity index (χ1) is 10.2. The van der Waals surface area contributed by atoms with Gasteiger partial charge in [-0.05, 0) is 42.8 Å². The molecule has 0 heterocycles. The zero-order valence-electron chi connectivity index (χ0n) is 11.7. The summed E-state index contributed by atoms with van der Waals surface area (Å²) in [5.41, 5.74) is 7.16. The molecule has 0 aliphatic heterocycles. The highest BCUT2D eigenvalue weighted by Crippen LogP contribution is 2.27. The Balaban J connectivity index is 2.22. The van der Waals surface area contributed by atoms with Gasteiger partial charge in [0.2, 0.25) is 0 Å². The van der Waals surface area contributed by atoms with Crippen molar-refractivity contribution >= 4 is 15.9 Å². The van der Waals surface area contributed by atoms with E-state index in [0.29, 0.717) is 18.7 Å². The Morgan fingerprint density at radius 1 is 1.19 bits per heavy atom. The Morgan fingerprint density at radius 3 is 2.71 bits per heavy atom. The van der Waals surface area contributed by atoms with E-state index >= 15 is 0 Å². The van der Waals surface area contributed by atoms with Crippen LogP contribution in [0.4, 0.5) is 4.39 Å². The van der Waals surface area contributed by atoms with Crippen molar-refractivity contribution in [2.24, 2.45) is 5.73 Å². The van der Waals surface area contributed by atoms with Gasteiger partial charge in [0.1, 0.15) is 12.4 Å². The van der Waals surface area contributed by atoms with Crippen LogP contribution in [-0.2, 0) is 13.0 Å². The van der Waals surface area contributed by atoms with Gasteiger partial charge in [0.15, 0.2) is 11.6 Å². The van der Waals surface area contributed by atoms with Crippen molar-refractivity contribution in [3.8, 4) is 11.5 Å². The van der Waals surface area contributed by atoms with Gasteiger partial charge < -0.3 is 15.2 Å². The van der Waals surface area contributed by atoms with Crippen LogP contribution >= 0.6 is 15.9 Å². The minimum absolute atomic E-state index is 0.223. The van der Waals surface area contributed by atoms with Crippen LogP contribution in [0.1, 0.15) is 11.1 Å². The maximum Gasteiger partial charge on any atom is 0.165 e. The van der Waals surface area contributed by atoms with Crippen LogP contribution in [0, 0.1) is 5.82 Å². The molecular formula is C16H17BrFNO2. The first-order valence-corrected chi connectivity index (χ1v) is 7.37. The van der Waals surface area contributed by atoms with Gasteiger partial charge in [-0.1, -0.05) is 28.1 Å². The van der Waals surface area contributed by atoms with Crippen LogP contribution in [0.5, 0.6) is 11.5 Å². The lowest BCUT2D eigenvalue weighted by molar-refractivity contribution is 0.279. The maximum atomic E-state index is 13.9. The summed E-state index contributed by atoms with van der Waals surface area (Å²) < 4.78 is 25.8. The maximum absolute atomic E-state index is 13.9. The van der Waals surface area contributed by atoms with Crippen molar-refractivity contribution in [2.75, 3.05) is 13.7 Å². The molecule has 2 aromatic carbocycles. The molecule has 0 saturated carbocycles. The van der Waals surface area contributed by atoms with E-state index in [2.05, 4.69) is 15.9 Å². The average molecular weight is 354 g/mol. The molecule has 0 bridgehead atoms. The van der Waals surface area contributed by atoms with Crippen molar-refractivity contribution < 1.29 is 13.9 Å².